The minimum atomic E-state index is -4.41. The molecule has 2 heterocycles. The van der Waals surface area contributed by atoms with Gasteiger partial charge in [-0.05, 0) is 30.7 Å². The van der Waals surface area contributed by atoms with E-state index in [0.29, 0.717) is 37.4 Å². The molecule has 0 radical (unpaired) electrons. The van der Waals surface area contributed by atoms with Crippen molar-refractivity contribution in [3.8, 4) is 0 Å². The molecule has 1 aromatic heterocycles. The summed E-state index contributed by atoms with van der Waals surface area (Å²) < 4.78 is 43.6. The number of thiophene rings is 1. The largest absolute Gasteiger partial charge is 0.465 e. The van der Waals surface area contributed by atoms with Gasteiger partial charge in [0.2, 0.25) is 5.91 Å². The number of alkyl halides is 3. The molecule has 3 N–H and O–H groups in total. The molecule has 3 rings (SSSR count). The van der Waals surface area contributed by atoms with Crippen LogP contribution in [0.3, 0.4) is 0 Å². The Labute approximate surface area is 192 Å². The van der Waals surface area contributed by atoms with Crippen LogP contribution in [0.15, 0.2) is 24.3 Å². The topological polar surface area (TPSA) is 105 Å². The van der Waals surface area contributed by atoms with E-state index in [1.807, 2.05) is 9.80 Å². The van der Waals surface area contributed by atoms with Crippen molar-refractivity contribution in [2.45, 2.75) is 13.1 Å². The Balaban J connectivity index is 1.62. The zero-order valence-corrected chi connectivity index (χ0v) is 18.8. The number of esters is 1. The Morgan fingerprint density at radius 1 is 1.18 bits per heavy atom. The van der Waals surface area contributed by atoms with Crippen molar-refractivity contribution in [3.05, 3.63) is 45.8 Å². The Morgan fingerprint density at radius 2 is 1.85 bits per heavy atom. The Kier molecular flexibility index (Phi) is 7.28. The molecule has 178 valence electrons. The first-order chi connectivity index (χ1) is 15.5. The molecular weight excluding hydrogens is 461 g/mol. The van der Waals surface area contributed by atoms with Crippen LogP contribution in [-0.2, 0) is 15.7 Å². The van der Waals surface area contributed by atoms with Gasteiger partial charge in [0.15, 0.2) is 0 Å². The maximum absolute atomic E-state index is 13.0. The summed E-state index contributed by atoms with van der Waals surface area (Å²) >= 11 is 0.903. The average Bonchev–Trinajstić information content (AvgIpc) is 3.09. The lowest BCUT2D eigenvalue weighted by Crippen LogP contribution is -2.48. The smallest absolute Gasteiger partial charge is 0.416 e. The summed E-state index contributed by atoms with van der Waals surface area (Å²) in [5.74, 6) is -1.81. The quantitative estimate of drug-likeness (QED) is 0.611. The molecule has 0 atom stereocenters. The number of primary amides is 1. The fourth-order valence-corrected chi connectivity index (χ4v) is 4.66. The van der Waals surface area contributed by atoms with E-state index in [1.54, 1.807) is 13.0 Å². The standard InChI is InChI=1S/C21H23F3N4O4S/c1-12-16(20(31)32-2)19(33-17(12)18(25)30)26-15(29)11-27-6-8-28(9-7-27)14-5-3-4-13(10-14)21(22,23)24/h3-5,10H,6-9,11H2,1-2H3,(H2,25,30)(H,26,29). The van der Waals surface area contributed by atoms with E-state index in [0.717, 1.165) is 23.5 Å². The van der Waals surface area contributed by atoms with Gasteiger partial charge in [0.1, 0.15) is 5.00 Å². The second-order valence-corrected chi connectivity index (χ2v) is 8.50. The van der Waals surface area contributed by atoms with Crippen molar-refractivity contribution in [2.75, 3.05) is 50.1 Å². The van der Waals surface area contributed by atoms with Crippen molar-refractivity contribution in [3.63, 3.8) is 0 Å². The van der Waals surface area contributed by atoms with Gasteiger partial charge in [-0.15, -0.1) is 11.3 Å². The molecule has 0 spiro atoms. The molecule has 2 aromatic rings. The minimum absolute atomic E-state index is 0.0138. The zero-order valence-electron chi connectivity index (χ0n) is 18.0. The lowest BCUT2D eigenvalue weighted by atomic mass is 10.1. The predicted octanol–water partition coefficient (Wildman–Crippen LogP) is 2.72. The second-order valence-electron chi connectivity index (χ2n) is 7.48. The summed E-state index contributed by atoms with van der Waals surface area (Å²) in [6, 6.07) is 5.15. The number of benzene rings is 1. The maximum Gasteiger partial charge on any atom is 0.416 e. The molecule has 2 amide bonds. The van der Waals surface area contributed by atoms with E-state index in [1.165, 1.54) is 13.2 Å². The molecular formula is C21H23F3N4O4S. The first-order valence-electron chi connectivity index (χ1n) is 9.97. The Bertz CT molecular complexity index is 1060. The van der Waals surface area contributed by atoms with Gasteiger partial charge in [-0.25, -0.2) is 4.79 Å². The number of nitrogens with two attached hydrogens (primary N) is 1. The summed E-state index contributed by atoms with van der Waals surface area (Å²) in [6.45, 7) is 3.39. The first-order valence-corrected chi connectivity index (χ1v) is 10.8. The van der Waals surface area contributed by atoms with Crippen LogP contribution in [0.4, 0.5) is 23.9 Å². The van der Waals surface area contributed by atoms with Crippen molar-refractivity contribution in [1.29, 1.82) is 0 Å². The summed E-state index contributed by atoms with van der Waals surface area (Å²) in [5, 5.41) is 2.83. The highest BCUT2D eigenvalue weighted by Gasteiger charge is 2.31. The average molecular weight is 485 g/mol. The predicted molar refractivity (Wildman–Crippen MR) is 118 cm³/mol. The van der Waals surface area contributed by atoms with Crippen molar-refractivity contribution in [2.24, 2.45) is 5.73 Å². The highest BCUT2D eigenvalue weighted by atomic mass is 32.1. The van der Waals surface area contributed by atoms with E-state index in [9.17, 15) is 27.6 Å². The zero-order chi connectivity index (χ0) is 24.3. The molecule has 0 aliphatic carbocycles. The SMILES string of the molecule is COC(=O)c1c(NC(=O)CN2CCN(c3cccc(C(F)(F)F)c3)CC2)sc(C(N)=O)c1C. The van der Waals surface area contributed by atoms with Crippen molar-refractivity contribution < 1.29 is 32.3 Å². The van der Waals surface area contributed by atoms with Crippen LogP contribution in [0.25, 0.3) is 0 Å². The van der Waals surface area contributed by atoms with E-state index in [-0.39, 0.29) is 22.0 Å². The third-order valence-corrected chi connectivity index (χ3v) is 6.51. The lowest BCUT2D eigenvalue weighted by molar-refractivity contribution is -0.137. The number of anilines is 2. The number of ether oxygens (including phenoxy) is 1. The number of hydrogen-bond donors (Lipinski definition) is 2. The summed E-state index contributed by atoms with van der Waals surface area (Å²) in [6.07, 6.45) is -4.41. The molecule has 1 fully saturated rings. The van der Waals surface area contributed by atoms with Crippen LogP contribution in [0.1, 0.15) is 31.2 Å². The van der Waals surface area contributed by atoms with Gasteiger partial charge >= 0.3 is 12.1 Å². The van der Waals surface area contributed by atoms with Crippen molar-refractivity contribution in [1.82, 2.24) is 4.90 Å². The number of hydrogen-bond acceptors (Lipinski definition) is 7. The summed E-state index contributed by atoms with van der Waals surface area (Å²) in [4.78, 5) is 40.2. The molecule has 0 saturated carbocycles. The fraction of sp³-hybridized carbons (Fsp3) is 0.381. The van der Waals surface area contributed by atoms with Gasteiger partial charge in [-0.3, -0.25) is 14.5 Å². The monoisotopic (exact) mass is 484 g/mol. The highest BCUT2D eigenvalue weighted by molar-refractivity contribution is 7.18. The van der Waals surface area contributed by atoms with Gasteiger partial charge in [-0.1, -0.05) is 6.07 Å². The minimum Gasteiger partial charge on any atom is -0.465 e. The highest BCUT2D eigenvalue weighted by Crippen LogP contribution is 2.34. The first kappa shape index (κ1) is 24.5. The van der Waals surface area contributed by atoms with E-state index >= 15 is 0 Å². The number of carbonyl (C=O) groups is 3. The van der Waals surface area contributed by atoms with Crippen LogP contribution >= 0.6 is 11.3 Å². The molecule has 0 unspecified atom stereocenters. The van der Waals surface area contributed by atoms with Crippen molar-refractivity contribution >= 4 is 39.8 Å². The van der Waals surface area contributed by atoms with Gasteiger partial charge in [0.25, 0.3) is 5.91 Å². The third-order valence-electron chi connectivity index (χ3n) is 5.29. The van der Waals surface area contributed by atoms with Crippen LogP contribution in [-0.4, -0.2) is 62.5 Å². The van der Waals surface area contributed by atoms with E-state index < -0.39 is 29.5 Å². The van der Waals surface area contributed by atoms with Gasteiger partial charge < -0.3 is 20.7 Å². The Morgan fingerprint density at radius 3 is 2.42 bits per heavy atom. The molecule has 8 nitrogen and oxygen atoms in total. The number of carbonyl (C=O) groups excluding carboxylic acids is 3. The number of amides is 2. The Hall–Kier alpha value is -3.12. The number of nitrogens with zero attached hydrogens (tertiary/aromatic N) is 2. The number of nitrogens with one attached hydrogen (secondary N) is 1. The molecule has 0 bridgehead atoms. The van der Waals surface area contributed by atoms with E-state index in [2.05, 4.69) is 5.32 Å². The summed E-state index contributed by atoms with van der Waals surface area (Å²) in [7, 11) is 1.19. The molecule has 12 heteroatoms. The molecule has 33 heavy (non-hydrogen) atoms. The fourth-order valence-electron chi connectivity index (χ4n) is 3.60. The van der Waals surface area contributed by atoms with Gasteiger partial charge in [0, 0.05) is 31.9 Å². The van der Waals surface area contributed by atoms with Gasteiger partial charge in [-0.2, -0.15) is 13.2 Å². The van der Waals surface area contributed by atoms with Crippen LogP contribution in [0, 0.1) is 6.92 Å². The lowest BCUT2D eigenvalue weighted by Gasteiger charge is -2.35. The van der Waals surface area contributed by atoms with Gasteiger partial charge in [0.05, 0.1) is 29.7 Å². The third kappa shape index (κ3) is 5.63. The normalized spacial score (nSPS) is 14.8. The van der Waals surface area contributed by atoms with E-state index in [4.69, 9.17) is 10.5 Å². The van der Waals surface area contributed by atoms with Crippen LogP contribution < -0.4 is 16.0 Å². The molecule has 1 aromatic carbocycles. The number of piperazine rings is 1. The van der Waals surface area contributed by atoms with Crippen LogP contribution in [0.2, 0.25) is 0 Å². The number of halogens is 3. The molecule has 1 aliphatic rings. The van der Waals surface area contributed by atoms with Crippen LogP contribution in [0.5, 0.6) is 0 Å². The second kappa shape index (κ2) is 9.79. The number of methoxy groups -OCH3 is 1. The molecule has 1 aliphatic heterocycles. The maximum atomic E-state index is 13.0. The summed E-state index contributed by atoms with van der Waals surface area (Å²) in [5.41, 5.74) is 5.54. The molecule has 1 saturated heterocycles. The number of rotatable bonds is 6.